The van der Waals surface area contributed by atoms with Crippen LogP contribution in [0.1, 0.15) is 5.56 Å². The monoisotopic (exact) mass is 498 g/mol. The molecule has 0 saturated heterocycles. The number of non-ortho nitro benzene ring substituents is 1. The number of halogens is 2. The molecular weight excluding hydrogens is 488 g/mol. The Balaban J connectivity index is 2.31. The first-order valence-electron chi connectivity index (χ1n) is 7.28. The van der Waals surface area contributed by atoms with E-state index >= 15 is 0 Å². The SMILES string of the molecule is C=CCOc1c(Br)cc(Br)cc1/C=N\Nc1ccc([N+](=O)[O-])cc1[N+](=O)[O-]. The Labute approximate surface area is 170 Å². The molecule has 0 amide bonds. The van der Waals surface area contributed by atoms with Crippen LogP contribution in [0.5, 0.6) is 5.75 Å². The number of nitrogens with one attached hydrogen (secondary N) is 1. The lowest BCUT2D eigenvalue weighted by Crippen LogP contribution is -2.01. The van der Waals surface area contributed by atoms with Gasteiger partial charge in [0.25, 0.3) is 5.69 Å². The molecule has 0 atom stereocenters. The van der Waals surface area contributed by atoms with Crippen LogP contribution in [0.3, 0.4) is 0 Å². The molecule has 0 spiro atoms. The first kappa shape index (κ1) is 20.5. The molecule has 0 aliphatic rings. The van der Waals surface area contributed by atoms with Gasteiger partial charge in [0, 0.05) is 16.1 Å². The Morgan fingerprint density at radius 1 is 1.19 bits per heavy atom. The van der Waals surface area contributed by atoms with Crippen molar-refractivity contribution in [3.8, 4) is 5.75 Å². The van der Waals surface area contributed by atoms with Gasteiger partial charge in [-0.05, 0) is 34.1 Å². The molecule has 140 valence electrons. The summed E-state index contributed by atoms with van der Waals surface area (Å²) in [5.74, 6) is 0.516. The summed E-state index contributed by atoms with van der Waals surface area (Å²) in [7, 11) is 0. The van der Waals surface area contributed by atoms with Gasteiger partial charge in [0.1, 0.15) is 18.0 Å². The van der Waals surface area contributed by atoms with Crippen LogP contribution in [-0.2, 0) is 0 Å². The van der Waals surface area contributed by atoms with Crippen molar-refractivity contribution in [2.24, 2.45) is 5.10 Å². The van der Waals surface area contributed by atoms with Gasteiger partial charge in [0.15, 0.2) is 0 Å². The van der Waals surface area contributed by atoms with Gasteiger partial charge in [0.05, 0.1) is 26.6 Å². The molecule has 2 aromatic rings. The van der Waals surface area contributed by atoms with Crippen molar-refractivity contribution in [2.45, 2.75) is 0 Å². The Morgan fingerprint density at radius 3 is 2.56 bits per heavy atom. The number of nitro benzene ring substituents is 2. The maximum Gasteiger partial charge on any atom is 0.301 e. The molecule has 27 heavy (non-hydrogen) atoms. The molecule has 9 nitrogen and oxygen atoms in total. The molecule has 11 heteroatoms. The maximum absolute atomic E-state index is 11.1. The van der Waals surface area contributed by atoms with Crippen molar-refractivity contribution in [2.75, 3.05) is 12.0 Å². The van der Waals surface area contributed by atoms with E-state index in [0.717, 1.165) is 16.6 Å². The Bertz CT molecular complexity index is 933. The Kier molecular flexibility index (Phi) is 7.02. The lowest BCUT2D eigenvalue weighted by molar-refractivity contribution is -0.393. The molecule has 0 aliphatic heterocycles. The summed E-state index contributed by atoms with van der Waals surface area (Å²) in [6.45, 7) is 3.87. The van der Waals surface area contributed by atoms with Crippen molar-refractivity contribution in [3.63, 3.8) is 0 Å². The summed E-state index contributed by atoms with van der Waals surface area (Å²) in [6.07, 6.45) is 3.01. The molecule has 0 saturated carbocycles. The normalized spacial score (nSPS) is 10.6. The molecule has 0 radical (unpaired) electrons. The fraction of sp³-hybridized carbons (Fsp3) is 0.0625. The quantitative estimate of drug-likeness (QED) is 0.235. The van der Waals surface area contributed by atoms with Crippen LogP contribution in [0, 0.1) is 20.2 Å². The lowest BCUT2D eigenvalue weighted by atomic mass is 10.2. The van der Waals surface area contributed by atoms with E-state index in [9.17, 15) is 20.2 Å². The first-order valence-corrected chi connectivity index (χ1v) is 8.86. The zero-order valence-corrected chi connectivity index (χ0v) is 16.8. The minimum Gasteiger partial charge on any atom is -0.488 e. The highest BCUT2D eigenvalue weighted by Gasteiger charge is 2.19. The van der Waals surface area contributed by atoms with Crippen LogP contribution in [0.4, 0.5) is 17.1 Å². The fourth-order valence-electron chi connectivity index (χ4n) is 2.02. The maximum atomic E-state index is 11.1. The van der Waals surface area contributed by atoms with Gasteiger partial charge in [-0.25, -0.2) is 0 Å². The van der Waals surface area contributed by atoms with Gasteiger partial charge < -0.3 is 4.74 Å². The second kappa shape index (κ2) is 9.24. The molecule has 0 aliphatic carbocycles. The third-order valence-electron chi connectivity index (χ3n) is 3.16. The van der Waals surface area contributed by atoms with E-state index in [4.69, 9.17) is 4.74 Å². The standard InChI is InChI=1S/C16H12Br2N4O5/c1-2-5-27-16-10(6-11(17)7-13(16)18)9-19-20-14-4-3-12(21(23)24)8-15(14)22(25)26/h2-4,6-9,20H,1,5H2/b19-9-. The van der Waals surface area contributed by atoms with Crippen molar-refractivity contribution in [1.29, 1.82) is 0 Å². The predicted molar refractivity (Wildman–Crippen MR) is 109 cm³/mol. The number of hydrogen-bond donors (Lipinski definition) is 1. The van der Waals surface area contributed by atoms with Gasteiger partial charge in [-0.1, -0.05) is 28.6 Å². The van der Waals surface area contributed by atoms with Crippen LogP contribution in [-0.4, -0.2) is 22.7 Å². The van der Waals surface area contributed by atoms with Gasteiger partial charge in [-0.3, -0.25) is 25.7 Å². The van der Waals surface area contributed by atoms with E-state index in [0.29, 0.717) is 15.8 Å². The number of ether oxygens (including phenoxy) is 1. The summed E-state index contributed by atoms with van der Waals surface area (Å²) >= 11 is 6.76. The molecule has 2 rings (SSSR count). The van der Waals surface area contributed by atoms with Gasteiger partial charge >= 0.3 is 5.69 Å². The van der Waals surface area contributed by atoms with Gasteiger partial charge in [-0.2, -0.15) is 5.10 Å². The molecular formula is C16H12Br2N4O5. The Morgan fingerprint density at radius 2 is 1.93 bits per heavy atom. The van der Waals surface area contributed by atoms with E-state index in [1.807, 2.05) is 0 Å². The van der Waals surface area contributed by atoms with Crippen LogP contribution >= 0.6 is 31.9 Å². The Hall–Kier alpha value is -2.79. The average Bonchev–Trinajstić information content (AvgIpc) is 2.60. The second-order valence-electron chi connectivity index (χ2n) is 4.99. The average molecular weight is 500 g/mol. The molecule has 0 heterocycles. The third-order valence-corrected chi connectivity index (χ3v) is 4.21. The van der Waals surface area contributed by atoms with Crippen molar-refractivity contribution >= 4 is 55.1 Å². The highest BCUT2D eigenvalue weighted by molar-refractivity contribution is 9.11. The van der Waals surface area contributed by atoms with Crippen molar-refractivity contribution in [1.82, 2.24) is 0 Å². The predicted octanol–water partition coefficient (Wildman–Crippen LogP) is 5.04. The minimum absolute atomic E-state index is 0.0180. The largest absolute Gasteiger partial charge is 0.488 e. The second-order valence-corrected chi connectivity index (χ2v) is 6.76. The highest BCUT2D eigenvalue weighted by Crippen LogP contribution is 2.32. The van der Waals surface area contributed by atoms with Crippen molar-refractivity contribution < 1.29 is 14.6 Å². The summed E-state index contributed by atoms with van der Waals surface area (Å²) in [5.41, 5.74) is 2.30. The summed E-state index contributed by atoms with van der Waals surface area (Å²) in [6, 6.07) is 6.79. The van der Waals surface area contributed by atoms with E-state index < -0.39 is 15.5 Å². The third kappa shape index (κ3) is 5.34. The number of hydrogen-bond acceptors (Lipinski definition) is 7. The van der Waals surface area contributed by atoms with Crippen molar-refractivity contribution in [3.05, 3.63) is 77.7 Å². The molecule has 0 bridgehead atoms. The van der Waals surface area contributed by atoms with E-state index in [1.165, 1.54) is 12.3 Å². The fourth-order valence-corrected chi connectivity index (χ4v) is 3.39. The lowest BCUT2D eigenvalue weighted by Gasteiger charge is -2.10. The topological polar surface area (TPSA) is 120 Å². The molecule has 2 aromatic carbocycles. The van der Waals surface area contributed by atoms with Crippen LogP contribution < -0.4 is 10.2 Å². The molecule has 1 N–H and O–H groups in total. The van der Waals surface area contributed by atoms with Crippen LogP contribution in [0.2, 0.25) is 0 Å². The van der Waals surface area contributed by atoms with Crippen LogP contribution in [0.15, 0.2) is 57.0 Å². The highest BCUT2D eigenvalue weighted by atomic mass is 79.9. The number of benzene rings is 2. The summed E-state index contributed by atoms with van der Waals surface area (Å²) < 4.78 is 7.04. The van der Waals surface area contributed by atoms with E-state index in [2.05, 4.69) is 49.0 Å². The number of hydrazone groups is 1. The molecule has 0 fully saturated rings. The number of anilines is 1. The summed E-state index contributed by atoms with van der Waals surface area (Å²) in [4.78, 5) is 20.5. The molecule has 0 aromatic heterocycles. The number of rotatable bonds is 8. The smallest absolute Gasteiger partial charge is 0.301 e. The van der Waals surface area contributed by atoms with E-state index in [-0.39, 0.29) is 18.0 Å². The summed E-state index contributed by atoms with van der Waals surface area (Å²) in [5, 5.41) is 25.9. The zero-order chi connectivity index (χ0) is 20.0. The van der Waals surface area contributed by atoms with Crippen LogP contribution in [0.25, 0.3) is 0 Å². The minimum atomic E-state index is -0.723. The zero-order valence-electron chi connectivity index (χ0n) is 13.6. The first-order chi connectivity index (χ1) is 12.8. The van der Waals surface area contributed by atoms with E-state index in [1.54, 1.807) is 18.2 Å². The van der Waals surface area contributed by atoms with Gasteiger partial charge in [0.2, 0.25) is 0 Å². The number of nitrogens with zero attached hydrogens (tertiary/aromatic N) is 3. The van der Waals surface area contributed by atoms with Gasteiger partial charge in [-0.15, -0.1) is 0 Å². The molecule has 0 unspecified atom stereocenters. The number of nitro groups is 2.